The van der Waals surface area contributed by atoms with Gasteiger partial charge in [0.25, 0.3) is 0 Å². The molecule has 4 heteroatoms. The van der Waals surface area contributed by atoms with E-state index in [9.17, 15) is 9.59 Å². The third kappa shape index (κ3) is 4.25. The van der Waals surface area contributed by atoms with Crippen molar-refractivity contribution in [2.75, 3.05) is 13.6 Å². The zero-order valence-corrected chi connectivity index (χ0v) is 8.53. The molecule has 1 aliphatic carbocycles. The minimum absolute atomic E-state index is 0.0334. The second-order valence-corrected chi connectivity index (χ2v) is 3.94. The monoisotopic (exact) mass is 199 g/mol. The number of rotatable bonds is 6. The fourth-order valence-corrected chi connectivity index (χ4v) is 1.31. The number of carboxylic acids is 1. The lowest BCUT2D eigenvalue weighted by atomic mass is 10.2. The zero-order chi connectivity index (χ0) is 10.6. The third-order valence-electron chi connectivity index (χ3n) is 2.55. The summed E-state index contributed by atoms with van der Waals surface area (Å²) in [4.78, 5) is 23.2. The SMILES string of the molecule is CN(CCC(=O)O)C(=O)CCC1CC1. The number of hydrogen-bond donors (Lipinski definition) is 1. The Morgan fingerprint density at radius 3 is 2.50 bits per heavy atom. The van der Waals surface area contributed by atoms with Gasteiger partial charge >= 0.3 is 5.97 Å². The summed E-state index contributed by atoms with van der Waals surface area (Å²) >= 11 is 0. The summed E-state index contributed by atoms with van der Waals surface area (Å²) in [7, 11) is 1.66. The van der Waals surface area contributed by atoms with E-state index in [0.29, 0.717) is 13.0 Å². The van der Waals surface area contributed by atoms with Crippen LogP contribution >= 0.6 is 0 Å². The molecule has 0 radical (unpaired) electrons. The summed E-state index contributed by atoms with van der Waals surface area (Å²) in [5.74, 6) is -0.0307. The molecule has 1 saturated carbocycles. The van der Waals surface area contributed by atoms with Gasteiger partial charge in [0.05, 0.1) is 6.42 Å². The fraction of sp³-hybridized carbons (Fsp3) is 0.800. The van der Waals surface area contributed by atoms with Gasteiger partial charge in [0.1, 0.15) is 0 Å². The number of amides is 1. The normalized spacial score (nSPS) is 15.2. The molecule has 0 aliphatic heterocycles. The van der Waals surface area contributed by atoms with Crippen LogP contribution in [0, 0.1) is 5.92 Å². The van der Waals surface area contributed by atoms with E-state index in [2.05, 4.69) is 0 Å². The molecule has 0 aromatic heterocycles. The van der Waals surface area contributed by atoms with Crippen molar-refractivity contribution < 1.29 is 14.7 Å². The third-order valence-corrected chi connectivity index (χ3v) is 2.55. The molecule has 0 aromatic rings. The largest absolute Gasteiger partial charge is 0.481 e. The maximum Gasteiger partial charge on any atom is 0.305 e. The second-order valence-electron chi connectivity index (χ2n) is 3.94. The van der Waals surface area contributed by atoms with Gasteiger partial charge in [0, 0.05) is 20.0 Å². The summed E-state index contributed by atoms with van der Waals surface area (Å²) < 4.78 is 0. The smallest absolute Gasteiger partial charge is 0.305 e. The molecule has 4 nitrogen and oxygen atoms in total. The van der Waals surface area contributed by atoms with Gasteiger partial charge in [0.2, 0.25) is 5.91 Å². The van der Waals surface area contributed by atoms with Crippen LogP contribution in [0.1, 0.15) is 32.1 Å². The van der Waals surface area contributed by atoms with Gasteiger partial charge in [-0.3, -0.25) is 9.59 Å². The molecular formula is C10H17NO3. The van der Waals surface area contributed by atoms with Crippen LogP contribution in [0.25, 0.3) is 0 Å². The van der Waals surface area contributed by atoms with Crippen molar-refractivity contribution in [3.05, 3.63) is 0 Å². The van der Waals surface area contributed by atoms with Crippen molar-refractivity contribution in [2.45, 2.75) is 32.1 Å². The van der Waals surface area contributed by atoms with E-state index in [1.54, 1.807) is 7.05 Å². The Morgan fingerprint density at radius 2 is 2.00 bits per heavy atom. The summed E-state index contributed by atoms with van der Waals surface area (Å²) in [5.41, 5.74) is 0. The molecule has 0 saturated heterocycles. The maximum atomic E-state index is 11.4. The molecule has 14 heavy (non-hydrogen) atoms. The molecule has 0 atom stereocenters. The molecule has 0 bridgehead atoms. The van der Waals surface area contributed by atoms with E-state index < -0.39 is 5.97 Å². The Hall–Kier alpha value is -1.06. The van der Waals surface area contributed by atoms with Crippen molar-refractivity contribution in [1.29, 1.82) is 0 Å². The predicted octanol–water partition coefficient (Wildman–Crippen LogP) is 1.11. The van der Waals surface area contributed by atoms with Gasteiger partial charge in [-0.05, 0) is 12.3 Å². The highest BCUT2D eigenvalue weighted by Gasteiger charge is 2.22. The highest BCUT2D eigenvalue weighted by Crippen LogP contribution is 2.33. The molecule has 0 heterocycles. The van der Waals surface area contributed by atoms with Crippen LogP contribution in [0.5, 0.6) is 0 Å². The number of carbonyl (C=O) groups is 2. The van der Waals surface area contributed by atoms with Gasteiger partial charge in [-0.2, -0.15) is 0 Å². The lowest BCUT2D eigenvalue weighted by Crippen LogP contribution is -2.28. The first-order valence-electron chi connectivity index (χ1n) is 5.05. The van der Waals surface area contributed by atoms with Gasteiger partial charge in [-0.1, -0.05) is 12.8 Å². The van der Waals surface area contributed by atoms with Crippen molar-refractivity contribution in [2.24, 2.45) is 5.92 Å². The minimum atomic E-state index is -0.855. The Kier molecular flexibility index (Phi) is 3.92. The lowest BCUT2D eigenvalue weighted by molar-refractivity contribution is -0.138. The number of aliphatic carboxylic acids is 1. The van der Waals surface area contributed by atoms with Crippen molar-refractivity contribution >= 4 is 11.9 Å². The Morgan fingerprint density at radius 1 is 1.36 bits per heavy atom. The number of hydrogen-bond acceptors (Lipinski definition) is 2. The van der Waals surface area contributed by atoms with Crippen molar-refractivity contribution in [3.8, 4) is 0 Å². The number of carboxylic acid groups (broad SMARTS) is 1. The molecular weight excluding hydrogens is 182 g/mol. The van der Waals surface area contributed by atoms with Gasteiger partial charge < -0.3 is 10.0 Å². The summed E-state index contributed by atoms with van der Waals surface area (Å²) in [5, 5.41) is 8.43. The topological polar surface area (TPSA) is 57.6 Å². The summed E-state index contributed by atoms with van der Waals surface area (Å²) in [6.45, 7) is 0.318. The first-order valence-corrected chi connectivity index (χ1v) is 5.05. The van der Waals surface area contributed by atoms with E-state index in [1.807, 2.05) is 0 Å². The van der Waals surface area contributed by atoms with Crippen molar-refractivity contribution in [3.63, 3.8) is 0 Å². The second kappa shape index (κ2) is 4.98. The van der Waals surface area contributed by atoms with Crippen LogP contribution in [0.3, 0.4) is 0 Å². The van der Waals surface area contributed by atoms with E-state index >= 15 is 0 Å². The van der Waals surface area contributed by atoms with Gasteiger partial charge in [0.15, 0.2) is 0 Å². The average molecular weight is 199 g/mol. The van der Waals surface area contributed by atoms with Crippen LogP contribution in [0.15, 0.2) is 0 Å². The first kappa shape index (κ1) is 11.0. The van der Waals surface area contributed by atoms with E-state index in [0.717, 1.165) is 12.3 Å². The Labute approximate surface area is 83.9 Å². The summed E-state index contributed by atoms with van der Waals surface area (Å²) in [6.07, 6.45) is 4.08. The quantitative estimate of drug-likeness (QED) is 0.697. The van der Waals surface area contributed by atoms with Crippen LogP contribution in [-0.2, 0) is 9.59 Å². The van der Waals surface area contributed by atoms with Gasteiger partial charge in [-0.25, -0.2) is 0 Å². The maximum absolute atomic E-state index is 11.4. The van der Waals surface area contributed by atoms with E-state index in [-0.39, 0.29) is 12.3 Å². The minimum Gasteiger partial charge on any atom is -0.481 e. The predicted molar refractivity (Wildman–Crippen MR) is 51.8 cm³/mol. The first-order chi connectivity index (χ1) is 6.59. The van der Waals surface area contributed by atoms with Crippen LogP contribution in [0.2, 0.25) is 0 Å². The highest BCUT2D eigenvalue weighted by atomic mass is 16.4. The van der Waals surface area contributed by atoms with E-state index in [4.69, 9.17) is 5.11 Å². The zero-order valence-electron chi connectivity index (χ0n) is 8.53. The fourth-order valence-electron chi connectivity index (χ4n) is 1.31. The molecule has 80 valence electrons. The van der Waals surface area contributed by atoms with E-state index in [1.165, 1.54) is 17.7 Å². The Bertz CT molecular complexity index is 223. The molecule has 1 rings (SSSR count). The molecule has 1 amide bonds. The van der Waals surface area contributed by atoms with Crippen molar-refractivity contribution in [1.82, 2.24) is 4.90 Å². The molecule has 0 unspecified atom stereocenters. The average Bonchev–Trinajstić information content (AvgIpc) is 2.93. The van der Waals surface area contributed by atoms with Gasteiger partial charge in [-0.15, -0.1) is 0 Å². The number of nitrogens with zero attached hydrogens (tertiary/aromatic N) is 1. The Balaban J connectivity index is 2.10. The molecule has 1 N–H and O–H groups in total. The number of carbonyl (C=O) groups excluding carboxylic acids is 1. The molecule has 0 spiro atoms. The summed E-state index contributed by atoms with van der Waals surface area (Å²) in [6, 6.07) is 0. The molecule has 1 aliphatic rings. The molecule has 0 aromatic carbocycles. The van der Waals surface area contributed by atoms with Crippen LogP contribution in [0.4, 0.5) is 0 Å². The highest BCUT2D eigenvalue weighted by molar-refractivity contribution is 5.76. The van der Waals surface area contributed by atoms with Crippen LogP contribution in [-0.4, -0.2) is 35.5 Å². The molecule has 1 fully saturated rings. The lowest BCUT2D eigenvalue weighted by Gasteiger charge is -2.15. The standard InChI is InChI=1S/C10H17NO3/c1-11(7-6-10(13)14)9(12)5-4-8-2-3-8/h8H,2-7H2,1H3,(H,13,14). The van der Waals surface area contributed by atoms with Crippen LogP contribution < -0.4 is 0 Å².